The highest BCUT2D eigenvalue weighted by Gasteiger charge is 2.53. The van der Waals surface area contributed by atoms with Gasteiger partial charge >= 0.3 is 0 Å². The van der Waals surface area contributed by atoms with Crippen LogP contribution in [0, 0.1) is 23.2 Å². The molecule has 1 aromatic rings. The third-order valence-corrected chi connectivity index (χ3v) is 5.88. The van der Waals surface area contributed by atoms with Crippen molar-refractivity contribution in [2.45, 2.75) is 45.1 Å². The van der Waals surface area contributed by atoms with Crippen LogP contribution in [0.2, 0.25) is 0 Å². The van der Waals surface area contributed by atoms with Gasteiger partial charge in [-0.2, -0.15) is 0 Å². The number of oxime groups is 1. The summed E-state index contributed by atoms with van der Waals surface area (Å²) in [6.45, 7) is 0.422. The van der Waals surface area contributed by atoms with Gasteiger partial charge < -0.3 is 4.84 Å². The van der Waals surface area contributed by atoms with Gasteiger partial charge in [0.2, 0.25) is 0 Å². The van der Waals surface area contributed by atoms with Crippen molar-refractivity contribution in [2.75, 3.05) is 0 Å². The lowest BCUT2D eigenvalue weighted by Crippen LogP contribution is -2.50. The van der Waals surface area contributed by atoms with Gasteiger partial charge in [-0.25, -0.2) is 0 Å². The number of carbonyl (C=O) groups excluding carboxylic acids is 1. The third kappa shape index (κ3) is 2.57. The maximum atomic E-state index is 12.7. The van der Waals surface area contributed by atoms with Crippen molar-refractivity contribution in [1.29, 1.82) is 0 Å². The van der Waals surface area contributed by atoms with Crippen LogP contribution < -0.4 is 0 Å². The Hall–Kier alpha value is -1.64. The maximum Gasteiger partial charge on any atom is 0.183 e. The molecule has 0 amide bonds. The summed E-state index contributed by atoms with van der Waals surface area (Å²) in [5.74, 6) is 2.57. The molecule has 0 saturated heterocycles. The summed E-state index contributed by atoms with van der Waals surface area (Å²) in [6, 6.07) is 9.92. The molecule has 4 aliphatic rings. The van der Waals surface area contributed by atoms with Crippen molar-refractivity contribution in [1.82, 2.24) is 0 Å². The van der Waals surface area contributed by atoms with Crippen molar-refractivity contribution in [2.24, 2.45) is 28.3 Å². The van der Waals surface area contributed by atoms with Gasteiger partial charge in [-0.05, 0) is 61.8 Å². The van der Waals surface area contributed by atoms with Gasteiger partial charge in [0.15, 0.2) is 5.78 Å². The summed E-state index contributed by atoms with van der Waals surface area (Å²) in [6.07, 6.45) is 8.78. The van der Waals surface area contributed by atoms with Gasteiger partial charge in [-0.1, -0.05) is 35.5 Å². The Morgan fingerprint density at radius 3 is 2.27 bits per heavy atom. The van der Waals surface area contributed by atoms with Crippen LogP contribution in [-0.4, -0.2) is 12.0 Å². The smallest absolute Gasteiger partial charge is 0.183 e. The molecule has 1 aromatic carbocycles. The second kappa shape index (κ2) is 5.53. The van der Waals surface area contributed by atoms with Crippen molar-refractivity contribution in [3.63, 3.8) is 0 Å². The molecule has 4 aliphatic carbocycles. The predicted octanol–water partition coefficient (Wildman–Crippen LogP) is 3.97. The number of nitrogens with zero attached hydrogens (tertiary/aromatic N) is 1. The number of carbonyl (C=O) groups is 1. The molecule has 0 aromatic heterocycles. The Balaban J connectivity index is 1.37. The summed E-state index contributed by atoms with van der Waals surface area (Å²) in [5, 5.41) is 3.95. The molecule has 4 saturated carbocycles. The fourth-order valence-electron chi connectivity index (χ4n) is 5.32. The van der Waals surface area contributed by atoms with E-state index < -0.39 is 0 Å². The Kier molecular flexibility index (Phi) is 3.51. The van der Waals surface area contributed by atoms with Gasteiger partial charge in [0.1, 0.15) is 12.8 Å². The van der Waals surface area contributed by atoms with Gasteiger partial charge in [0.05, 0.1) is 0 Å². The van der Waals surface area contributed by atoms with Crippen LogP contribution in [0.3, 0.4) is 0 Å². The number of hydrogen-bond acceptors (Lipinski definition) is 3. The molecule has 0 aliphatic heterocycles. The van der Waals surface area contributed by atoms with Crippen molar-refractivity contribution >= 4 is 12.0 Å². The lowest BCUT2D eigenvalue weighted by molar-refractivity contribution is -0.136. The second-order valence-electron chi connectivity index (χ2n) is 7.56. The first-order valence-electron chi connectivity index (χ1n) is 8.47. The van der Waals surface area contributed by atoms with Crippen LogP contribution >= 0.6 is 0 Å². The first kappa shape index (κ1) is 14.0. The Labute approximate surface area is 131 Å². The number of hydrogen-bond donors (Lipinski definition) is 0. The zero-order valence-electron chi connectivity index (χ0n) is 12.9. The summed E-state index contributed by atoms with van der Waals surface area (Å²) >= 11 is 0. The highest BCUT2D eigenvalue weighted by molar-refractivity contribution is 6.29. The lowest BCUT2D eigenvalue weighted by atomic mass is 9.48. The highest BCUT2D eigenvalue weighted by Crippen LogP contribution is 2.60. The minimum Gasteiger partial charge on any atom is -0.391 e. The summed E-state index contributed by atoms with van der Waals surface area (Å²) in [5.41, 5.74) is 0.968. The molecular formula is C19H23NO2. The molecule has 0 unspecified atom stereocenters. The van der Waals surface area contributed by atoms with Crippen LogP contribution in [0.5, 0.6) is 0 Å². The quantitative estimate of drug-likeness (QED) is 0.609. The number of rotatable bonds is 5. The van der Waals surface area contributed by atoms with E-state index in [1.54, 1.807) is 0 Å². The van der Waals surface area contributed by atoms with E-state index in [0.29, 0.717) is 6.61 Å². The molecule has 22 heavy (non-hydrogen) atoms. The number of ketones is 1. The topological polar surface area (TPSA) is 38.7 Å². The van der Waals surface area contributed by atoms with Crippen LogP contribution in [0.15, 0.2) is 35.5 Å². The molecule has 4 bridgehead atoms. The van der Waals surface area contributed by atoms with E-state index in [9.17, 15) is 4.79 Å². The first-order valence-corrected chi connectivity index (χ1v) is 8.47. The van der Waals surface area contributed by atoms with Gasteiger partial charge in [-0.15, -0.1) is 0 Å². The Bertz CT molecular complexity index is 543. The van der Waals surface area contributed by atoms with E-state index in [2.05, 4.69) is 5.16 Å². The molecule has 0 radical (unpaired) electrons. The van der Waals surface area contributed by atoms with Gasteiger partial charge in [0.25, 0.3) is 0 Å². The largest absolute Gasteiger partial charge is 0.391 e. The van der Waals surface area contributed by atoms with E-state index in [1.165, 1.54) is 25.5 Å². The van der Waals surface area contributed by atoms with E-state index in [4.69, 9.17) is 4.84 Å². The minimum atomic E-state index is -0.103. The molecule has 0 atom stereocenters. The monoisotopic (exact) mass is 297 g/mol. The molecule has 3 nitrogen and oxygen atoms in total. The zero-order valence-corrected chi connectivity index (χ0v) is 12.9. The Morgan fingerprint density at radius 1 is 1.09 bits per heavy atom. The zero-order chi connectivity index (χ0) is 15.0. The minimum absolute atomic E-state index is 0.103. The molecular weight excluding hydrogens is 274 g/mol. The standard InChI is InChI=1S/C19H23NO2/c21-18(12-20-22-13-14-4-2-1-3-5-14)19-9-15-6-16(10-19)8-17(7-15)11-19/h1-5,12,15-17H,6-11,13H2/b20-12+. The van der Waals surface area contributed by atoms with Gasteiger partial charge in [0, 0.05) is 5.41 Å². The molecule has 5 rings (SSSR count). The second-order valence-corrected chi connectivity index (χ2v) is 7.56. The summed E-state index contributed by atoms with van der Waals surface area (Å²) in [7, 11) is 0. The summed E-state index contributed by atoms with van der Waals surface area (Å²) < 4.78 is 0. The van der Waals surface area contributed by atoms with Crippen LogP contribution in [0.25, 0.3) is 0 Å². The normalized spacial score (nSPS) is 35.9. The molecule has 3 heteroatoms. The van der Waals surface area contributed by atoms with E-state index in [-0.39, 0.29) is 11.2 Å². The summed E-state index contributed by atoms with van der Waals surface area (Å²) in [4.78, 5) is 18.0. The van der Waals surface area contributed by atoms with Crippen LogP contribution in [0.1, 0.15) is 44.1 Å². The Morgan fingerprint density at radius 2 is 1.68 bits per heavy atom. The van der Waals surface area contributed by atoms with E-state index >= 15 is 0 Å². The maximum absolute atomic E-state index is 12.7. The molecule has 0 heterocycles. The average molecular weight is 297 g/mol. The van der Waals surface area contributed by atoms with Crippen LogP contribution in [-0.2, 0) is 16.2 Å². The predicted molar refractivity (Wildman–Crippen MR) is 85.3 cm³/mol. The molecule has 0 N–H and O–H groups in total. The third-order valence-electron chi connectivity index (χ3n) is 5.88. The number of Topliss-reactive ketones (excluding diaryl/α,β-unsaturated/α-hetero) is 1. The van der Waals surface area contributed by atoms with Gasteiger partial charge in [-0.3, -0.25) is 4.79 Å². The number of benzene rings is 1. The van der Waals surface area contributed by atoms with Crippen LogP contribution in [0.4, 0.5) is 0 Å². The fourth-order valence-corrected chi connectivity index (χ4v) is 5.32. The molecule has 116 valence electrons. The highest BCUT2D eigenvalue weighted by atomic mass is 16.6. The van der Waals surface area contributed by atoms with Crippen molar-refractivity contribution in [3.05, 3.63) is 35.9 Å². The average Bonchev–Trinajstić information content (AvgIpc) is 2.51. The van der Waals surface area contributed by atoms with E-state index in [0.717, 1.165) is 42.6 Å². The SMILES string of the molecule is O=C(/C=N/OCc1ccccc1)C12CC3CC(CC(C3)C1)C2. The lowest BCUT2D eigenvalue weighted by Gasteiger charge is -2.55. The van der Waals surface area contributed by atoms with Crippen molar-refractivity contribution < 1.29 is 9.63 Å². The van der Waals surface area contributed by atoms with E-state index in [1.807, 2.05) is 30.3 Å². The first-order chi connectivity index (χ1) is 10.7. The molecule has 4 fully saturated rings. The fraction of sp³-hybridized carbons (Fsp3) is 0.579. The molecule has 0 spiro atoms. The van der Waals surface area contributed by atoms with Crippen molar-refractivity contribution in [3.8, 4) is 0 Å².